The van der Waals surface area contributed by atoms with Crippen molar-refractivity contribution in [3.8, 4) is 5.75 Å². The van der Waals surface area contributed by atoms with Crippen molar-refractivity contribution in [2.75, 3.05) is 6.61 Å². The first-order chi connectivity index (χ1) is 10.1. The van der Waals surface area contributed by atoms with Gasteiger partial charge in [0.05, 0.1) is 6.21 Å². The second-order valence-electron chi connectivity index (χ2n) is 4.40. The summed E-state index contributed by atoms with van der Waals surface area (Å²) >= 11 is 3.34. The zero-order chi connectivity index (χ0) is 15.1. The van der Waals surface area contributed by atoms with Crippen molar-refractivity contribution in [3.05, 3.63) is 64.1 Å². The molecule has 0 aromatic heterocycles. The fourth-order valence-corrected chi connectivity index (χ4v) is 2.02. The molecule has 2 aromatic rings. The van der Waals surface area contributed by atoms with E-state index in [0.717, 1.165) is 15.6 Å². The van der Waals surface area contributed by atoms with Crippen LogP contribution in [0.5, 0.6) is 5.75 Å². The molecule has 0 aliphatic carbocycles. The average Bonchev–Trinajstić information content (AvgIpc) is 2.47. The maximum atomic E-state index is 11.6. The normalized spacial score (nSPS) is 10.6. The van der Waals surface area contributed by atoms with Crippen molar-refractivity contribution in [1.82, 2.24) is 5.43 Å². The van der Waals surface area contributed by atoms with Crippen LogP contribution in [-0.2, 0) is 4.79 Å². The van der Waals surface area contributed by atoms with Gasteiger partial charge in [-0.25, -0.2) is 5.43 Å². The number of carbonyl (C=O) groups is 1. The van der Waals surface area contributed by atoms with Crippen LogP contribution in [0.15, 0.2) is 58.1 Å². The molecular formula is C16H15BrN2O2. The molecular weight excluding hydrogens is 332 g/mol. The van der Waals surface area contributed by atoms with Crippen LogP contribution in [0.3, 0.4) is 0 Å². The number of ether oxygens (including phenoxy) is 1. The third-order valence-corrected chi connectivity index (χ3v) is 3.24. The van der Waals surface area contributed by atoms with Gasteiger partial charge in [-0.2, -0.15) is 5.10 Å². The molecule has 0 saturated carbocycles. The molecule has 0 atom stereocenters. The number of aryl methyl sites for hydroxylation is 1. The second kappa shape index (κ2) is 7.59. The van der Waals surface area contributed by atoms with Gasteiger partial charge in [-0.05, 0) is 36.2 Å². The number of rotatable bonds is 5. The van der Waals surface area contributed by atoms with Gasteiger partial charge in [0.1, 0.15) is 5.75 Å². The van der Waals surface area contributed by atoms with Crippen molar-refractivity contribution in [1.29, 1.82) is 0 Å². The Morgan fingerprint density at radius 3 is 2.86 bits per heavy atom. The fourth-order valence-electron chi connectivity index (χ4n) is 1.64. The number of nitrogens with zero attached hydrogens (tertiary/aromatic N) is 1. The highest BCUT2D eigenvalue weighted by Gasteiger charge is 2.01. The lowest BCUT2D eigenvalue weighted by molar-refractivity contribution is -0.123. The lowest BCUT2D eigenvalue weighted by atomic mass is 10.1. The molecule has 4 nitrogen and oxygen atoms in total. The van der Waals surface area contributed by atoms with Crippen LogP contribution in [0, 0.1) is 6.92 Å². The molecule has 0 aliphatic rings. The monoisotopic (exact) mass is 346 g/mol. The predicted octanol–water partition coefficient (Wildman–Crippen LogP) is 3.29. The number of hydrazone groups is 1. The fraction of sp³-hybridized carbons (Fsp3) is 0.125. The summed E-state index contributed by atoms with van der Waals surface area (Å²) < 4.78 is 6.26. The topological polar surface area (TPSA) is 50.7 Å². The molecule has 0 bridgehead atoms. The van der Waals surface area contributed by atoms with Crippen molar-refractivity contribution in [3.63, 3.8) is 0 Å². The van der Waals surface area contributed by atoms with Gasteiger partial charge in [-0.1, -0.05) is 46.3 Å². The van der Waals surface area contributed by atoms with E-state index in [2.05, 4.69) is 26.5 Å². The Morgan fingerprint density at radius 2 is 2.10 bits per heavy atom. The zero-order valence-electron chi connectivity index (χ0n) is 11.5. The van der Waals surface area contributed by atoms with E-state index in [-0.39, 0.29) is 12.5 Å². The average molecular weight is 347 g/mol. The van der Waals surface area contributed by atoms with Gasteiger partial charge in [0, 0.05) is 4.47 Å². The maximum Gasteiger partial charge on any atom is 0.277 e. The molecule has 0 spiro atoms. The number of benzene rings is 2. The number of carbonyl (C=O) groups excluding carboxylic acids is 1. The first-order valence-corrected chi connectivity index (χ1v) is 7.20. The smallest absolute Gasteiger partial charge is 0.277 e. The Hall–Kier alpha value is -2.14. The highest BCUT2D eigenvalue weighted by molar-refractivity contribution is 9.10. The van der Waals surface area contributed by atoms with Gasteiger partial charge in [0.25, 0.3) is 5.91 Å². The summed E-state index contributed by atoms with van der Waals surface area (Å²) in [5.74, 6) is 0.321. The minimum atomic E-state index is -0.306. The summed E-state index contributed by atoms with van der Waals surface area (Å²) in [6.45, 7) is 1.90. The lowest BCUT2D eigenvalue weighted by Gasteiger charge is -2.05. The molecule has 0 saturated heterocycles. The van der Waals surface area contributed by atoms with E-state index in [0.29, 0.717) is 5.75 Å². The largest absolute Gasteiger partial charge is 0.484 e. The molecule has 2 rings (SSSR count). The zero-order valence-corrected chi connectivity index (χ0v) is 13.1. The first kappa shape index (κ1) is 15.3. The van der Waals surface area contributed by atoms with Gasteiger partial charge >= 0.3 is 0 Å². The molecule has 0 aliphatic heterocycles. The maximum absolute atomic E-state index is 11.6. The Bertz CT molecular complexity index is 656. The number of halogens is 1. The highest BCUT2D eigenvalue weighted by Crippen LogP contribution is 2.17. The Balaban J connectivity index is 1.81. The third kappa shape index (κ3) is 5.04. The predicted molar refractivity (Wildman–Crippen MR) is 86.6 cm³/mol. The first-order valence-electron chi connectivity index (χ1n) is 6.41. The van der Waals surface area contributed by atoms with Gasteiger partial charge < -0.3 is 4.74 Å². The lowest BCUT2D eigenvalue weighted by Crippen LogP contribution is -2.24. The van der Waals surface area contributed by atoms with E-state index in [9.17, 15) is 4.79 Å². The summed E-state index contributed by atoms with van der Waals surface area (Å²) in [5.41, 5.74) is 4.50. The van der Waals surface area contributed by atoms with E-state index in [4.69, 9.17) is 4.74 Å². The number of nitrogens with one attached hydrogen (secondary N) is 1. The molecule has 5 heteroatoms. The van der Waals surface area contributed by atoms with E-state index >= 15 is 0 Å². The summed E-state index contributed by atoms with van der Waals surface area (Å²) in [5, 5.41) is 3.92. The quantitative estimate of drug-likeness (QED) is 0.667. The van der Waals surface area contributed by atoms with Gasteiger partial charge in [-0.15, -0.1) is 0 Å². The van der Waals surface area contributed by atoms with Crippen molar-refractivity contribution in [2.45, 2.75) is 6.92 Å². The molecule has 0 heterocycles. The van der Waals surface area contributed by atoms with Gasteiger partial charge in [-0.3, -0.25) is 4.79 Å². The van der Waals surface area contributed by atoms with E-state index < -0.39 is 0 Å². The number of hydrogen-bond donors (Lipinski definition) is 1. The Labute approximate surface area is 132 Å². The summed E-state index contributed by atoms with van der Waals surface area (Å²) in [6.07, 6.45) is 1.62. The minimum Gasteiger partial charge on any atom is -0.484 e. The third-order valence-electron chi connectivity index (χ3n) is 2.75. The van der Waals surface area contributed by atoms with Crippen molar-refractivity contribution < 1.29 is 9.53 Å². The Morgan fingerprint density at radius 1 is 1.29 bits per heavy atom. The Kier molecular flexibility index (Phi) is 5.51. The van der Waals surface area contributed by atoms with Crippen LogP contribution in [-0.4, -0.2) is 18.7 Å². The molecule has 2 aromatic carbocycles. The summed E-state index contributed by atoms with van der Waals surface area (Å²) in [7, 11) is 0. The standard InChI is InChI=1S/C16H15BrN2O2/c1-12-5-2-3-6-13(12)10-18-19-16(20)11-21-15-8-4-7-14(17)9-15/h2-10H,11H2,1H3,(H,19,20)/b18-10+. The SMILES string of the molecule is Cc1ccccc1/C=N/NC(=O)COc1cccc(Br)c1. The number of hydrogen-bond acceptors (Lipinski definition) is 3. The van der Waals surface area contributed by atoms with Gasteiger partial charge in [0.15, 0.2) is 6.61 Å². The van der Waals surface area contributed by atoms with Crippen molar-refractivity contribution >= 4 is 28.1 Å². The molecule has 108 valence electrons. The van der Waals surface area contributed by atoms with Crippen LogP contribution < -0.4 is 10.2 Å². The van der Waals surface area contributed by atoms with E-state index in [1.54, 1.807) is 18.3 Å². The highest BCUT2D eigenvalue weighted by atomic mass is 79.9. The minimum absolute atomic E-state index is 0.0818. The molecule has 1 amide bonds. The molecule has 0 fully saturated rings. The van der Waals surface area contributed by atoms with Crippen LogP contribution in [0.2, 0.25) is 0 Å². The van der Waals surface area contributed by atoms with E-state index in [1.165, 1.54) is 0 Å². The van der Waals surface area contributed by atoms with Crippen molar-refractivity contribution in [2.24, 2.45) is 5.10 Å². The number of amides is 1. The van der Waals surface area contributed by atoms with Crippen LogP contribution >= 0.6 is 15.9 Å². The summed E-state index contributed by atoms with van der Waals surface area (Å²) in [6, 6.07) is 15.1. The van der Waals surface area contributed by atoms with Crippen LogP contribution in [0.25, 0.3) is 0 Å². The second-order valence-corrected chi connectivity index (χ2v) is 5.31. The van der Waals surface area contributed by atoms with Crippen LogP contribution in [0.4, 0.5) is 0 Å². The summed E-state index contributed by atoms with van der Waals surface area (Å²) in [4.78, 5) is 11.6. The molecule has 21 heavy (non-hydrogen) atoms. The molecule has 0 radical (unpaired) electrons. The van der Waals surface area contributed by atoms with Crippen LogP contribution in [0.1, 0.15) is 11.1 Å². The molecule has 0 unspecified atom stereocenters. The van der Waals surface area contributed by atoms with Gasteiger partial charge in [0.2, 0.25) is 0 Å². The van der Waals surface area contributed by atoms with E-state index in [1.807, 2.05) is 43.3 Å². The molecule has 1 N–H and O–H groups in total.